The maximum Gasteiger partial charge on any atom is 0.362 e. The van der Waals surface area contributed by atoms with Crippen LogP contribution in [0.5, 0.6) is 0 Å². The van der Waals surface area contributed by atoms with Crippen LogP contribution in [0.15, 0.2) is 91.0 Å². The molecule has 0 amide bonds. The molecule has 2 nitrogen and oxygen atoms in total. The molecule has 0 aliphatic carbocycles. The van der Waals surface area contributed by atoms with E-state index in [0.717, 1.165) is 15.9 Å². The van der Waals surface area contributed by atoms with Crippen molar-refractivity contribution in [3.05, 3.63) is 91.0 Å². The third-order valence-corrected chi connectivity index (χ3v) is 11.3. The lowest BCUT2D eigenvalue weighted by molar-refractivity contribution is -0.143. The molecule has 0 spiro atoms. The van der Waals surface area contributed by atoms with E-state index >= 15 is 0 Å². The van der Waals surface area contributed by atoms with Gasteiger partial charge in [0, 0.05) is 0 Å². The van der Waals surface area contributed by atoms with E-state index in [4.69, 9.17) is 4.74 Å². The van der Waals surface area contributed by atoms with E-state index in [1.165, 1.54) is 0 Å². The summed E-state index contributed by atoms with van der Waals surface area (Å²) in [5, 5.41) is 3.40. The van der Waals surface area contributed by atoms with Gasteiger partial charge >= 0.3 is 5.97 Å². The van der Waals surface area contributed by atoms with Crippen molar-refractivity contribution >= 4 is 45.1 Å². The summed E-state index contributed by atoms with van der Waals surface area (Å²) in [4.78, 5) is 13.2. The first-order valence-electron chi connectivity index (χ1n) is 8.97. The monoisotopic (exact) mass is 520 g/mol. The molecule has 0 radical (unpaired) electrons. The Labute approximate surface area is 186 Å². The molecular weight excluding hydrogens is 499 g/mol. The molecule has 0 aliphatic heterocycles. The zero-order valence-electron chi connectivity index (χ0n) is 15.9. The third kappa shape index (κ3) is 3.96. The molecule has 0 aromatic heterocycles. The van der Waals surface area contributed by atoms with Crippen LogP contribution in [0.4, 0.5) is 0 Å². The van der Waals surface area contributed by atoms with Crippen LogP contribution >= 0.6 is 23.2 Å². The number of carbonyl (C=O) groups excluding carboxylic acids is 1. The van der Waals surface area contributed by atoms with Gasteiger partial charge in [0.2, 0.25) is 4.07 Å². The highest BCUT2D eigenvalue weighted by Crippen LogP contribution is 2.68. The van der Waals surface area contributed by atoms with Crippen molar-refractivity contribution < 1.29 is 26.5 Å². The lowest BCUT2D eigenvalue weighted by atomic mass is 10.3. The smallest absolute Gasteiger partial charge is 0.362 e. The Balaban J connectivity index is 0.00000280. The first kappa shape index (κ1) is 22.8. The fraction of sp³-hybridized carbons (Fsp3) is 0.174. The number of carbonyl (C=O) groups is 1. The second-order valence-electron chi connectivity index (χ2n) is 6.35. The summed E-state index contributed by atoms with van der Waals surface area (Å²) in [5.74, 6) is -0.241. The first-order chi connectivity index (χ1) is 13.0. The number of alkyl halides is 1. The maximum atomic E-state index is 13.2. The van der Waals surface area contributed by atoms with Gasteiger partial charge in [0.25, 0.3) is 0 Å². The Hall–Kier alpha value is -1.48. The minimum Gasteiger partial charge on any atom is -1.00 e. The summed E-state index contributed by atoms with van der Waals surface area (Å²) < 4.78 is 4.62. The van der Waals surface area contributed by atoms with Crippen LogP contribution in [0.25, 0.3) is 0 Å². The molecule has 146 valence electrons. The van der Waals surface area contributed by atoms with Crippen molar-refractivity contribution in [1.29, 1.82) is 0 Å². The molecule has 5 heteroatoms. The standard InChI is InChI=1S/C23H23BrO2P.BrH/c1-3-26-22(25)23(2,24)27(19-13-7-4-8-14-19,20-15-9-5-10-16-20)21-17-11-6-12-18-21;/h4-18H,3H2,1-2H3;1H/q+1;/p-1. The lowest BCUT2D eigenvalue weighted by Gasteiger charge is -2.37. The molecule has 0 aliphatic rings. The summed E-state index contributed by atoms with van der Waals surface area (Å²) in [7, 11) is -2.40. The van der Waals surface area contributed by atoms with E-state index in [9.17, 15) is 4.79 Å². The number of benzene rings is 3. The van der Waals surface area contributed by atoms with Gasteiger partial charge in [0.15, 0.2) is 0 Å². The average molecular weight is 522 g/mol. The Kier molecular flexibility index (Phi) is 8.00. The predicted molar refractivity (Wildman–Crippen MR) is 119 cm³/mol. The van der Waals surface area contributed by atoms with Crippen LogP contribution in [-0.4, -0.2) is 16.6 Å². The molecule has 0 bridgehead atoms. The molecule has 0 fully saturated rings. The molecule has 0 heterocycles. The predicted octanol–water partition coefficient (Wildman–Crippen LogP) is 1.66. The molecule has 3 aromatic carbocycles. The van der Waals surface area contributed by atoms with E-state index in [-0.39, 0.29) is 23.0 Å². The van der Waals surface area contributed by atoms with E-state index in [0.29, 0.717) is 6.61 Å². The number of hydrogen-bond donors (Lipinski definition) is 0. The van der Waals surface area contributed by atoms with Crippen molar-refractivity contribution in [3.63, 3.8) is 0 Å². The van der Waals surface area contributed by atoms with Crippen LogP contribution in [0.3, 0.4) is 0 Å². The molecule has 3 aromatic rings. The Morgan fingerprint density at radius 3 is 1.43 bits per heavy atom. The number of esters is 1. The van der Waals surface area contributed by atoms with E-state index < -0.39 is 11.3 Å². The molecule has 0 N–H and O–H groups in total. The topological polar surface area (TPSA) is 26.3 Å². The zero-order valence-corrected chi connectivity index (χ0v) is 20.0. The summed E-state index contributed by atoms with van der Waals surface area (Å²) in [6, 6.07) is 30.9. The van der Waals surface area contributed by atoms with Crippen molar-refractivity contribution in [3.8, 4) is 0 Å². The van der Waals surface area contributed by atoms with E-state index in [1.54, 1.807) is 0 Å². The Bertz CT molecular complexity index is 788. The molecule has 1 unspecified atom stereocenters. The molecule has 3 rings (SSSR count). The molecule has 0 saturated heterocycles. The van der Waals surface area contributed by atoms with Gasteiger partial charge in [-0.05, 0) is 66.2 Å². The maximum absolute atomic E-state index is 13.2. The summed E-state index contributed by atoms with van der Waals surface area (Å²) >= 11 is 3.86. The zero-order chi connectivity index (χ0) is 19.3. The van der Waals surface area contributed by atoms with Gasteiger partial charge in [-0.15, -0.1) is 0 Å². The van der Waals surface area contributed by atoms with Crippen molar-refractivity contribution in [1.82, 2.24) is 0 Å². The fourth-order valence-corrected chi connectivity index (χ4v) is 10.0. The molecule has 0 saturated carbocycles. The summed E-state index contributed by atoms with van der Waals surface area (Å²) in [6.45, 7) is 4.14. The third-order valence-electron chi connectivity index (χ3n) is 4.71. The van der Waals surface area contributed by atoms with Crippen molar-refractivity contribution in [2.75, 3.05) is 6.61 Å². The van der Waals surface area contributed by atoms with Gasteiger partial charge in [-0.1, -0.05) is 54.6 Å². The lowest BCUT2D eigenvalue weighted by Crippen LogP contribution is -3.00. The van der Waals surface area contributed by atoms with Crippen LogP contribution < -0.4 is 32.9 Å². The molecule has 28 heavy (non-hydrogen) atoms. The largest absolute Gasteiger partial charge is 1.00 e. The van der Waals surface area contributed by atoms with Crippen LogP contribution in [-0.2, 0) is 9.53 Å². The van der Waals surface area contributed by atoms with Gasteiger partial charge < -0.3 is 21.7 Å². The molecule has 1 atom stereocenters. The average Bonchev–Trinajstić information content (AvgIpc) is 2.71. The highest BCUT2D eigenvalue weighted by molar-refractivity contribution is 9.11. The Morgan fingerprint density at radius 2 is 1.14 bits per heavy atom. The van der Waals surface area contributed by atoms with Gasteiger partial charge in [-0.2, -0.15) is 0 Å². The van der Waals surface area contributed by atoms with Gasteiger partial charge in [-0.25, -0.2) is 4.79 Å². The van der Waals surface area contributed by atoms with Crippen LogP contribution in [0, 0.1) is 0 Å². The summed E-state index contributed by atoms with van der Waals surface area (Å²) in [5.41, 5.74) is 0. The normalized spacial score (nSPS) is 13.1. The summed E-state index contributed by atoms with van der Waals surface area (Å²) in [6.07, 6.45) is 0. The highest BCUT2D eigenvalue weighted by Gasteiger charge is 2.64. The van der Waals surface area contributed by atoms with E-state index in [2.05, 4.69) is 52.3 Å². The highest BCUT2D eigenvalue weighted by atomic mass is 79.9. The van der Waals surface area contributed by atoms with Gasteiger partial charge in [0.05, 0.1) is 6.61 Å². The second kappa shape index (κ2) is 9.82. The van der Waals surface area contributed by atoms with Gasteiger partial charge in [-0.3, -0.25) is 0 Å². The number of hydrogen-bond acceptors (Lipinski definition) is 2. The van der Waals surface area contributed by atoms with Crippen LogP contribution in [0.1, 0.15) is 13.8 Å². The van der Waals surface area contributed by atoms with Gasteiger partial charge in [0.1, 0.15) is 23.2 Å². The number of ether oxygens (including phenoxy) is 1. The van der Waals surface area contributed by atoms with E-state index in [1.807, 2.05) is 68.4 Å². The second-order valence-corrected chi connectivity index (χ2v) is 12.3. The van der Waals surface area contributed by atoms with Crippen LogP contribution in [0.2, 0.25) is 0 Å². The number of rotatable bonds is 6. The quantitative estimate of drug-likeness (QED) is 0.280. The number of halogens is 2. The first-order valence-corrected chi connectivity index (χ1v) is 11.6. The van der Waals surface area contributed by atoms with Crippen molar-refractivity contribution in [2.24, 2.45) is 0 Å². The van der Waals surface area contributed by atoms with Crippen molar-refractivity contribution in [2.45, 2.75) is 17.9 Å². The Morgan fingerprint density at radius 1 is 0.821 bits per heavy atom. The fourth-order valence-electron chi connectivity index (χ4n) is 3.53. The minimum atomic E-state index is -2.40. The molecular formula is C23H23Br2O2P. The SMILES string of the molecule is CCOC(=O)C(C)(Br)[P+](c1ccccc1)(c1ccccc1)c1ccccc1.[Br-]. The minimum absolute atomic E-state index is 0.